The van der Waals surface area contributed by atoms with E-state index in [1.807, 2.05) is 34.0 Å². The first kappa shape index (κ1) is 49.4. The van der Waals surface area contributed by atoms with Gasteiger partial charge in [0.2, 0.25) is 0 Å². The lowest BCUT2D eigenvalue weighted by Gasteiger charge is -2.26. The summed E-state index contributed by atoms with van der Waals surface area (Å²) >= 11 is 5.58. The number of thiophene rings is 3. The highest BCUT2D eigenvalue weighted by Gasteiger charge is 2.15. The van der Waals surface area contributed by atoms with Crippen LogP contribution in [-0.2, 0) is 0 Å². The molecule has 0 N–H and O–H groups in total. The molecule has 15 rings (SSSR count). The van der Waals surface area contributed by atoms with Crippen molar-refractivity contribution in [2.24, 2.45) is 0 Å². The number of nitrogens with zero attached hydrogens (tertiary/aromatic N) is 1. The zero-order valence-corrected chi connectivity index (χ0v) is 47.1. The van der Waals surface area contributed by atoms with E-state index in [1.165, 1.54) is 127 Å². The summed E-state index contributed by atoms with van der Waals surface area (Å²) in [5.74, 6) is 0. The van der Waals surface area contributed by atoms with Gasteiger partial charge < -0.3 is 4.90 Å². The predicted molar refractivity (Wildman–Crippen MR) is 362 cm³/mol. The van der Waals surface area contributed by atoms with Gasteiger partial charge in [-0.25, -0.2) is 0 Å². The fourth-order valence-corrected chi connectivity index (χ4v) is 14.8. The van der Waals surface area contributed by atoms with Crippen LogP contribution in [-0.4, -0.2) is 0 Å². The monoisotopic (exact) mass is 1100 g/mol. The second kappa shape index (κ2) is 21.4. The van der Waals surface area contributed by atoms with E-state index in [1.54, 1.807) is 0 Å². The summed E-state index contributed by atoms with van der Waals surface area (Å²) in [5, 5.41) is 7.97. The van der Waals surface area contributed by atoms with Gasteiger partial charge in [0.15, 0.2) is 0 Å². The van der Waals surface area contributed by atoms with Crippen LogP contribution in [0, 0.1) is 0 Å². The van der Waals surface area contributed by atoms with E-state index in [4.69, 9.17) is 0 Å². The fraction of sp³-hybridized carbons (Fsp3) is 0. The van der Waals surface area contributed by atoms with Crippen molar-refractivity contribution in [1.29, 1.82) is 0 Å². The van der Waals surface area contributed by atoms with Crippen LogP contribution in [0.15, 0.2) is 273 Å². The molecular formula is C78H51NS3. The maximum atomic E-state index is 2.36. The average Bonchev–Trinajstić information content (AvgIpc) is 4.27. The van der Waals surface area contributed by atoms with Gasteiger partial charge in [0.1, 0.15) is 0 Å². The molecular weight excluding hydrogens is 1050 g/mol. The van der Waals surface area contributed by atoms with Crippen LogP contribution in [0.4, 0.5) is 17.1 Å². The van der Waals surface area contributed by atoms with E-state index >= 15 is 0 Å². The summed E-state index contributed by atoms with van der Waals surface area (Å²) < 4.78 is 7.96. The van der Waals surface area contributed by atoms with Crippen molar-refractivity contribution >= 4 is 148 Å². The Labute approximate surface area is 489 Å². The van der Waals surface area contributed by atoms with Crippen molar-refractivity contribution in [2.75, 3.05) is 4.90 Å². The number of benzene rings is 12. The third kappa shape index (κ3) is 9.84. The molecule has 0 saturated carbocycles. The molecule has 0 spiro atoms. The van der Waals surface area contributed by atoms with Crippen LogP contribution in [0.3, 0.4) is 0 Å². The van der Waals surface area contributed by atoms with Gasteiger partial charge in [-0.05, 0) is 140 Å². The second-order valence-corrected chi connectivity index (χ2v) is 24.2. The molecule has 0 aliphatic heterocycles. The topological polar surface area (TPSA) is 3.24 Å². The maximum absolute atomic E-state index is 2.36. The standard InChI is InChI=1S/C78H51NS3/c1-4-10-73-67(7-1)70-46-25-55(49-76(70)80-73)16-13-52-19-28-58(29-20-52)61-34-40-64(41-35-61)79(65-42-36-62(37-43-65)59-30-21-53(22-31-59)14-17-56-26-47-71-68-8-2-5-11-74(68)81-77(71)50-56)66-44-38-63(39-45-66)60-32-23-54(24-33-60)15-18-57-27-48-72-69-9-3-6-12-75(69)82-78(72)51-57/h1-51H/b16-13+,17-14+,18-15+. The van der Waals surface area contributed by atoms with Crippen LogP contribution in [0.25, 0.3) is 130 Å². The molecule has 0 fully saturated rings. The second-order valence-electron chi connectivity index (χ2n) is 20.9. The van der Waals surface area contributed by atoms with Gasteiger partial charge in [0, 0.05) is 77.6 Å². The molecule has 0 radical (unpaired) electrons. The smallest absolute Gasteiger partial charge is 0.0462 e. The number of fused-ring (bicyclic) bond motifs is 9. The molecule has 386 valence electrons. The molecule has 15 aromatic rings. The molecule has 12 aromatic carbocycles. The van der Waals surface area contributed by atoms with Gasteiger partial charge in [-0.15, -0.1) is 34.0 Å². The molecule has 0 atom stereocenters. The maximum Gasteiger partial charge on any atom is 0.0462 e. The molecule has 4 heteroatoms. The minimum Gasteiger partial charge on any atom is -0.311 e. The van der Waals surface area contributed by atoms with Gasteiger partial charge in [0.25, 0.3) is 0 Å². The largest absolute Gasteiger partial charge is 0.311 e. The summed E-state index contributed by atoms with van der Waals surface area (Å²) in [5.41, 5.74) is 17.5. The van der Waals surface area contributed by atoms with Crippen LogP contribution in [0.2, 0.25) is 0 Å². The highest BCUT2D eigenvalue weighted by atomic mass is 32.1. The van der Waals surface area contributed by atoms with Crippen molar-refractivity contribution < 1.29 is 0 Å². The SMILES string of the molecule is C(=C\c1ccc2c(c1)sc1ccccc12)/c1ccc(-c2ccc(N(c3ccc(-c4ccc(/C=C/c5ccc6c(c5)sc5ccccc56)cc4)cc3)c3ccc(-c4ccc(/C=C/c5ccc6c(c5)sc5ccccc56)cc4)cc3)cc2)cc1. The Morgan fingerprint density at radius 2 is 0.415 bits per heavy atom. The molecule has 0 unspecified atom stereocenters. The third-order valence-corrected chi connectivity index (χ3v) is 19.1. The van der Waals surface area contributed by atoms with Gasteiger partial charge >= 0.3 is 0 Å². The zero-order chi connectivity index (χ0) is 54.3. The molecule has 3 aromatic heterocycles. The normalized spacial score (nSPS) is 12.0. The van der Waals surface area contributed by atoms with E-state index in [0.717, 1.165) is 17.1 Å². The lowest BCUT2D eigenvalue weighted by atomic mass is 10.0. The first-order valence-electron chi connectivity index (χ1n) is 27.8. The van der Waals surface area contributed by atoms with Crippen molar-refractivity contribution in [3.8, 4) is 33.4 Å². The Balaban J connectivity index is 0.674. The molecule has 0 aliphatic rings. The molecule has 0 bridgehead atoms. The van der Waals surface area contributed by atoms with Crippen LogP contribution >= 0.6 is 34.0 Å². The molecule has 82 heavy (non-hydrogen) atoms. The minimum atomic E-state index is 1.09. The van der Waals surface area contributed by atoms with E-state index in [0.29, 0.717) is 0 Å². The molecule has 0 aliphatic carbocycles. The zero-order valence-electron chi connectivity index (χ0n) is 44.6. The molecule has 0 amide bonds. The van der Waals surface area contributed by atoms with Gasteiger partial charge in [0.05, 0.1) is 0 Å². The summed E-state index contributed by atoms with van der Waals surface area (Å²) in [6, 6.07) is 99.9. The van der Waals surface area contributed by atoms with Crippen LogP contribution in [0.1, 0.15) is 33.4 Å². The number of hydrogen-bond acceptors (Lipinski definition) is 4. The quantitative estimate of drug-likeness (QED) is 0.110. The van der Waals surface area contributed by atoms with Gasteiger partial charge in [-0.3, -0.25) is 0 Å². The third-order valence-electron chi connectivity index (χ3n) is 15.7. The lowest BCUT2D eigenvalue weighted by molar-refractivity contribution is 1.28. The summed E-state index contributed by atoms with van der Waals surface area (Å²) in [4.78, 5) is 2.36. The molecule has 3 heterocycles. The summed E-state index contributed by atoms with van der Waals surface area (Å²) in [6.45, 7) is 0. The van der Waals surface area contributed by atoms with E-state index < -0.39 is 0 Å². The highest BCUT2D eigenvalue weighted by molar-refractivity contribution is 7.26. The Hall–Kier alpha value is -9.68. The highest BCUT2D eigenvalue weighted by Crippen LogP contribution is 2.40. The first-order chi connectivity index (χ1) is 40.5. The average molecular weight is 1100 g/mol. The van der Waals surface area contributed by atoms with Crippen molar-refractivity contribution in [3.05, 3.63) is 306 Å². The Bertz CT molecular complexity index is 4420. The molecule has 1 nitrogen and oxygen atoms in total. The predicted octanol–water partition coefficient (Wildman–Crippen LogP) is 23.8. The number of rotatable bonds is 12. The Kier molecular flexibility index (Phi) is 12.9. The van der Waals surface area contributed by atoms with E-state index in [2.05, 4.69) is 314 Å². The van der Waals surface area contributed by atoms with Crippen LogP contribution < -0.4 is 4.90 Å². The Morgan fingerprint density at radius 3 is 0.695 bits per heavy atom. The molecule has 0 saturated heterocycles. The first-order valence-corrected chi connectivity index (χ1v) is 30.2. The number of hydrogen-bond donors (Lipinski definition) is 0. The summed E-state index contributed by atoms with van der Waals surface area (Å²) in [6.07, 6.45) is 13.3. The fourth-order valence-electron chi connectivity index (χ4n) is 11.3. The van der Waals surface area contributed by atoms with Crippen LogP contribution in [0.5, 0.6) is 0 Å². The van der Waals surface area contributed by atoms with E-state index in [-0.39, 0.29) is 0 Å². The minimum absolute atomic E-state index is 1.09. The van der Waals surface area contributed by atoms with Crippen molar-refractivity contribution in [1.82, 2.24) is 0 Å². The summed E-state index contributed by atoms with van der Waals surface area (Å²) in [7, 11) is 0. The van der Waals surface area contributed by atoms with Gasteiger partial charge in [-0.2, -0.15) is 0 Å². The van der Waals surface area contributed by atoms with E-state index in [9.17, 15) is 0 Å². The lowest BCUT2D eigenvalue weighted by Crippen LogP contribution is -2.09. The number of anilines is 3. The van der Waals surface area contributed by atoms with Crippen molar-refractivity contribution in [2.45, 2.75) is 0 Å². The van der Waals surface area contributed by atoms with Gasteiger partial charge in [-0.1, -0.05) is 237 Å². The Morgan fingerprint density at radius 1 is 0.195 bits per heavy atom. The van der Waals surface area contributed by atoms with Crippen molar-refractivity contribution in [3.63, 3.8) is 0 Å².